The molecule has 2 saturated carbocycles. The molecule has 0 saturated heterocycles. The Morgan fingerprint density at radius 2 is 1.94 bits per heavy atom. The molecule has 3 aromatic rings. The lowest BCUT2D eigenvalue weighted by Crippen LogP contribution is -3.00. The molecular weight excluding hydrogens is 516 g/mol. The summed E-state index contributed by atoms with van der Waals surface area (Å²) in [5.41, 5.74) is 2.99. The minimum absolute atomic E-state index is 0. The van der Waals surface area contributed by atoms with Crippen molar-refractivity contribution in [3.05, 3.63) is 53.1 Å². The SMILES string of the molecule is [CH2+]Cc1nnc(SCc2csc(NC(=O)Nc3ccc(C)cc3C(=O)C3CCCC3)n2)n1C1CC1.[Cl-]. The Labute approximate surface area is 225 Å². The van der Waals surface area contributed by atoms with Gasteiger partial charge in [-0.3, -0.25) is 14.7 Å². The van der Waals surface area contributed by atoms with Gasteiger partial charge in [-0.25, -0.2) is 9.78 Å². The molecule has 36 heavy (non-hydrogen) atoms. The van der Waals surface area contributed by atoms with Gasteiger partial charge in [0, 0.05) is 28.7 Å². The summed E-state index contributed by atoms with van der Waals surface area (Å²) in [4.78, 5) is 30.3. The first-order valence-corrected chi connectivity index (χ1v) is 13.9. The summed E-state index contributed by atoms with van der Waals surface area (Å²) >= 11 is 2.97. The third kappa shape index (κ3) is 6.04. The highest BCUT2D eigenvalue weighted by molar-refractivity contribution is 7.98. The van der Waals surface area contributed by atoms with E-state index in [1.165, 1.54) is 11.3 Å². The van der Waals surface area contributed by atoms with Gasteiger partial charge in [0.25, 0.3) is 0 Å². The number of carbonyl (C=O) groups is 2. The number of rotatable bonds is 9. The number of benzene rings is 1. The zero-order chi connectivity index (χ0) is 24.4. The molecule has 5 rings (SSSR count). The van der Waals surface area contributed by atoms with Crippen molar-refractivity contribution < 1.29 is 22.0 Å². The Balaban J connectivity index is 0.00000304. The van der Waals surface area contributed by atoms with Gasteiger partial charge in [-0.05, 0) is 44.7 Å². The van der Waals surface area contributed by atoms with Gasteiger partial charge in [-0.15, -0.1) is 21.5 Å². The summed E-state index contributed by atoms with van der Waals surface area (Å²) < 4.78 is 2.20. The van der Waals surface area contributed by atoms with Gasteiger partial charge in [-0.1, -0.05) is 36.2 Å². The zero-order valence-electron chi connectivity index (χ0n) is 20.1. The van der Waals surface area contributed by atoms with E-state index >= 15 is 0 Å². The molecule has 0 unspecified atom stereocenters. The Bertz CT molecular complexity index is 1230. The topological polar surface area (TPSA) is 102 Å². The number of nitrogens with one attached hydrogen (secondary N) is 2. The Kier molecular flexibility index (Phi) is 8.58. The molecule has 0 atom stereocenters. The van der Waals surface area contributed by atoms with Crippen molar-refractivity contribution in [3.63, 3.8) is 0 Å². The molecule has 1 aromatic carbocycles. The zero-order valence-corrected chi connectivity index (χ0v) is 22.5. The summed E-state index contributed by atoms with van der Waals surface area (Å²) in [6.45, 7) is 5.91. The number of aryl methyl sites for hydroxylation is 1. The van der Waals surface area contributed by atoms with Crippen molar-refractivity contribution >= 4 is 45.7 Å². The number of Topliss-reactive ketones (excluding diaryl/α,β-unsaturated/α-hetero) is 1. The van der Waals surface area contributed by atoms with Crippen molar-refractivity contribution in [2.24, 2.45) is 5.92 Å². The molecule has 2 aliphatic rings. The van der Waals surface area contributed by atoms with Crippen molar-refractivity contribution in [3.8, 4) is 0 Å². The van der Waals surface area contributed by atoms with Gasteiger partial charge >= 0.3 is 6.03 Å². The van der Waals surface area contributed by atoms with Crippen LogP contribution in [-0.2, 0) is 12.2 Å². The summed E-state index contributed by atoms with van der Waals surface area (Å²) in [5, 5.41) is 17.6. The molecule has 0 spiro atoms. The van der Waals surface area contributed by atoms with Crippen LogP contribution in [0.25, 0.3) is 0 Å². The number of anilines is 2. The molecule has 2 aromatic heterocycles. The highest BCUT2D eigenvalue weighted by Gasteiger charge is 2.30. The highest BCUT2D eigenvalue weighted by Crippen LogP contribution is 2.39. The molecule has 0 radical (unpaired) electrons. The molecule has 2 fully saturated rings. The fraction of sp³-hybridized carbons (Fsp3) is 0.440. The third-order valence-corrected chi connectivity index (χ3v) is 8.19. The van der Waals surface area contributed by atoms with Crippen molar-refractivity contribution in [1.82, 2.24) is 19.7 Å². The Morgan fingerprint density at radius 1 is 1.17 bits per heavy atom. The molecule has 2 amide bonds. The largest absolute Gasteiger partial charge is 1.00 e. The smallest absolute Gasteiger partial charge is 0.325 e. The van der Waals surface area contributed by atoms with E-state index in [2.05, 4.69) is 37.3 Å². The van der Waals surface area contributed by atoms with Crippen LogP contribution in [0.4, 0.5) is 15.6 Å². The maximum Gasteiger partial charge on any atom is 0.325 e. The van der Waals surface area contributed by atoms with Crippen molar-refractivity contribution in [1.29, 1.82) is 0 Å². The molecule has 0 bridgehead atoms. The number of amides is 2. The predicted molar refractivity (Wildman–Crippen MR) is 139 cm³/mol. The molecule has 2 heterocycles. The second kappa shape index (κ2) is 11.7. The van der Waals surface area contributed by atoms with Crippen LogP contribution in [0.3, 0.4) is 0 Å². The van der Waals surface area contributed by atoms with E-state index in [0.29, 0.717) is 34.6 Å². The van der Waals surface area contributed by atoms with Crippen LogP contribution in [0.1, 0.15) is 72.0 Å². The second-order valence-electron chi connectivity index (χ2n) is 9.16. The number of urea groups is 1. The summed E-state index contributed by atoms with van der Waals surface area (Å²) in [6, 6.07) is 5.66. The summed E-state index contributed by atoms with van der Waals surface area (Å²) in [6.07, 6.45) is 6.97. The van der Waals surface area contributed by atoms with E-state index < -0.39 is 6.03 Å². The van der Waals surface area contributed by atoms with Crippen LogP contribution in [0.2, 0.25) is 0 Å². The molecule has 2 aliphatic carbocycles. The van der Waals surface area contributed by atoms with Crippen molar-refractivity contribution in [2.75, 3.05) is 10.6 Å². The molecule has 0 aliphatic heterocycles. The Morgan fingerprint density at radius 3 is 2.67 bits per heavy atom. The number of thioether (sulfide) groups is 1. The van der Waals surface area contributed by atoms with Crippen molar-refractivity contribution in [2.45, 2.75) is 68.8 Å². The third-order valence-electron chi connectivity index (χ3n) is 6.41. The summed E-state index contributed by atoms with van der Waals surface area (Å²) in [7, 11) is 0. The first-order chi connectivity index (χ1) is 17.0. The minimum Gasteiger partial charge on any atom is -1.00 e. The lowest BCUT2D eigenvalue weighted by atomic mass is 9.94. The van der Waals surface area contributed by atoms with Gasteiger partial charge in [0.15, 0.2) is 21.9 Å². The number of carbonyl (C=O) groups excluding carboxylic acids is 2. The van der Waals surface area contributed by atoms with Crippen LogP contribution in [0.5, 0.6) is 0 Å². The van der Waals surface area contributed by atoms with Gasteiger partial charge in [0.1, 0.15) is 6.42 Å². The normalized spacial score (nSPS) is 15.5. The fourth-order valence-corrected chi connectivity index (χ4v) is 6.20. The van der Waals surface area contributed by atoms with E-state index in [4.69, 9.17) is 0 Å². The van der Waals surface area contributed by atoms with Gasteiger partial charge in [0.05, 0.1) is 18.3 Å². The minimum atomic E-state index is -0.406. The second-order valence-corrected chi connectivity index (χ2v) is 11.0. The first kappa shape index (κ1) is 26.5. The molecule has 190 valence electrons. The van der Waals surface area contributed by atoms with Crippen LogP contribution in [-0.4, -0.2) is 31.6 Å². The first-order valence-electron chi connectivity index (χ1n) is 12.0. The van der Waals surface area contributed by atoms with Gasteiger partial charge in [-0.2, -0.15) is 0 Å². The van der Waals surface area contributed by atoms with E-state index in [-0.39, 0.29) is 24.1 Å². The molecule has 8 nitrogen and oxygen atoms in total. The maximum atomic E-state index is 13.0. The number of ketones is 1. The monoisotopic (exact) mass is 544 g/mol. The maximum absolute atomic E-state index is 13.0. The fourth-order valence-electron chi connectivity index (χ4n) is 4.47. The van der Waals surface area contributed by atoms with E-state index in [1.54, 1.807) is 17.8 Å². The Hall–Kier alpha value is -2.56. The number of hydrogen-bond acceptors (Lipinski definition) is 7. The standard InChI is InChI=1S/C25H28N6O2S2.ClH/c1-3-21-29-30-25(31(21)18-9-10-18)35-14-17-13-34-24(26-17)28-23(33)27-20-11-8-15(2)12-19(20)22(32)16-6-4-5-7-16;/h8,11-13,16,18H,1,3-7,9-10,14H2,2H3,(H-,26,27,28,32,33);1H. The average molecular weight is 545 g/mol. The van der Waals surface area contributed by atoms with Gasteiger partial charge in [0.2, 0.25) is 0 Å². The van der Waals surface area contributed by atoms with E-state index in [0.717, 1.165) is 60.8 Å². The number of hydrogen-bond donors (Lipinski definition) is 2. The summed E-state index contributed by atoms with van der Waals surface area (Å²) in [5.74, 6) is 1.74. The molecule has 2 N–H and O–H groups in total. The van der Waals surface area contributed by atoms with E-state index in [9.17, 15) is 9.59 Å². The average Bonchev–Trinajstić information content (AvgIpc) is 3.24. The van der Waals surface area contributed by atoms with Gasteiger partial charge < -0.3 is 17.7 Å². The molecular formula is C25H29ClN6O2S2. The number of aromatic nitrogens is 4. The predicted octanol–water partition coefficient (Wildman–Crippen LogP) is 3.07. The highest BCUT2D eigenvalue weighted by atomic mass is 35.5. The lowest BCUT2D eigenvalue weighted by molar-refractivity contribution is -0.0000182. The van der Waals surface area contributed by atoms with Crippen LogP contribution >= 0.6 is 23.1 Å². The van der Waals surface area contributed by atoms with Crippen LogP contribution in [0, 0.1) is 19.8 Å². The number of nitrogens with zero attached hydrogens (tertiary/aromatic N) is 4. The van der Waals surface area contributed by atoms with Crippen LogP contribution in [0.15, 0.2) is 28.7 Å². The van der Waals surface area contributed by atoms with Crippen LogP contribution < -0.4 is 23.0 Å². The van der Waals surface area contributed by atoms with E-state index in [1.807, 2.05) is 24.4 Å². The number of halogens is 1. The quantitative estimate of drug-likeness (QED) is 0.244. The molecule has 11 heteroatoms. The lowest BCUT2D eigenvalue weighted by Gasteiger charge is -2.14. The number of thiazole rings is 1.